The number of fused-ring (bicyclic) bond motifs is 1. The van der Waals surface area contributed by atoms with E-state index in [-0.39, 0.29) is 23.8 Å². The van der Waals surface area contributed by atoms with Gasteiger partial charge in [-0.15, -0.1) is 0 Å². The number of carboxylic acids is 1. The molecular formula is C15H17NO4. The number of rotatable bonds is 1. The van der Waals surface area contributed by atoms with E-state index < -0.39 is 11.4 Å². The lowest BCUT2D eigenvalue weighted by atomic mass is 9.74. The van der Waals surface area contributed by atoms with E-state index in [9.17, 15) is 14.7 Å². The molecule has 0 atom stereocenters. The van der Waals surface area contributed by atoms with Crippen molar-refractivity contribution < 1.29 is 19.4 Å². The molecule has 5 nitrogen and oxygen atoms in total. The fourth-order valence-corrected chi connectivity index (χ4v) is 3.09. The zero-order valence-electron chi connectivity index (χ0n) is 11.1. The van der Waals surface area contributed by atoms with Gasteiger partial charge in [0.15, 0.2) is 5.75 Å². The average molecular weight is 275 g/mol. The molecular weight excluding hydrogens is 258 g/mol. The van der Waals surface area contributed by atoms with Gasteiger partial charge in [0.2, 0.25) is 5.91 Å². The topological polar surface area (TPSA) is 75.6 Å². The summed E-state index contributed by atoms with van der Waals surface area (Å²) < 4.78 is 5.74. The Morgan fingerprint density at radius 3 is 2.70 bits per heavy atom. The number of carbonyl (C=O) groups is 2. The predicted molar refractivity (Wildman–Crippen MR) is 73.0 cm³/mol. The van der Waals surface area contributed by atoms with E-state index in [0.29, 0.717) is 5.69 Å². The Balaban J connectivity index is 1.98. The summed E-state index contributed by atoms with van der Waals surface area (Å²) in [6, 6.07) is 4.79. The molecule has 0 saturated heterocycles. The van der Waals surface area contributed by atoms with Gasteiger partial charge >= 0.3 is 5.97 Å². The number of aromatic carboxylic acids is 1. The first-order chi connectivity index (χ1) is 9.62. The fourth-order valence-electron chi connectivity index (χ4n) is 3.09. The second kappa shape index (κ2) is 4.81. The van der Waals surface area contributed by atoms with Gasteiger partial charge in [-0.3, -0.25) is 4.79 Å². The summed E-state index contributed by atoms with van der Waals surface area (Å²) in [5.41, 5.74) is 0.0422. The van der Waals surface area contributed by atoms with Gasteiger partial charge in [0.25, 0.3) is 0 Å². The van der Waals surface area contributed by atoms with Crippen LogP contribution in [-0.2, 0) is 4.79 Å². The maximum atomic E-state index is 12.5. The van der Waals surface area contributed by atoms with Crippen molar-refractivity contribution in [3.63, 3.8) is 0 Å². The maximum absolute atomic E-state index is 12.5. The van der Waals surface area contributed by atoms with E-state index in [1.54, 1.807) is 12.1 Å². The summed E-state index contributed by atoms with van der Waals surface area (Å²) in [6.45, 7) is 0.260. The third-order valence-electron chi connectivity index (χ3n) is 4.28. The monoisotopic (exact) mass is 275 g/mol. The standard InChI is InChI=1S/C15H17NO4/c17-13(18)10-5-4-6-11-12(10)20-9-15(14(19)16-11)7-2-1-3-8-15/h4-6H,1-3,7-9H2,(H,16,19)(H,17,18). The van der Waals surface area contributed by atoms with Crippen LogP contribution in [-0.4, -0.2) is 23.6 Å². The van der Waals surface area contributed by atoms with Crippen molar-refractivity contribution in [1.82, 2.24) is 0 Å². The Kier molecular flexibility index (Phi) is 3.12. The number of anilines is 1. The zero-order valence-corrected chi connectivity index (χ0v) is 11.1. The minimum atomic E-state index is -1.05. The molecule has 2 aliphatic rings. The first kappa shape index (κ1) is 13.0. The fraction of sp³-hybridized carbons (Fsp3) is 0.467. The van der Waals surface area contributed by atoms with Crippen LogP contribution in [0.2, 0.25) is 0 Å². The summed E-state index contributed by atoms with van der Waals surface area (Å²) >= 11 is 0. The molecule has 20 heavy (non-hydrogen) atoms. The second-order valence-electron chi connectivity index (χ2n) is 5.57. The van der Waals surface area contributed by atoms with E-state index in [1.807, 2.05) is 0 Å². The number of nitrogens with one attached hydrogen (secondary N) is 1. The zero-order chi connectivity index (χ0) is 14.2. The number of hydrogen-bond donors (Lipinski definition) is 2. The highest BCUT2D eigenvalue weighted by Gasteiger charge is 2.42. The molecule has 2 N–H and O–H groups in total. The molecule has 5 heteroatoms. The van der Waals surface area contributed by atoms with Crippen LogP contribution < -0.4 is 10.1 Å². The Labute approximate surface area is 116 Å². The van der Waals surface area contributed by atoms with Crippen LogP contribution in [0.3, 0.4) is 0 Å². The molecule has 1 aliphatic carbocycles. The normalized spacial score (nSPS) is 20.5. The average Bonchev–Trinajstić information content (AvgIpc) is 2.58. The third kappa shape index (κ3) is 2.03. The number of para-hydroxylation sites is 1. The Bertz CT molecular complexity index is 561. The van der Waals surface area contributed by atoms with Crippen molar-refractivity contribution in [3.05, 3.63) is 23.8 Å². The molecule has 0 aromatic heterocycles. The molecule has 3 rings (SSSR count). The van der Waals surface area contributed by atoms with Crippen LogP contribution in [0.1, 0.15) is 42.5 Å². The molecule has 1 fully saturated rings. The summed E-state index contributed by atoms with van der Waals surface area (Å²) in [4.78, 5) is 23.7. The van der Waals surface area contributed by atoms with Crippen molar-refractivity contribution in [1.29, 1.82) is 0 Å². The van der Waals surface area contributed by atoms with Crippen LogP contribution >= 0.6 is 0 Å². The lowest BCUT2D eigenvalue weighted by molar-refractivity contribution is -0.128. The molecule has 1 amide bonds. The van der Waals surface area contributed by atoms with Crippen molar-refractivity contribution in [2.24, 2.45) is 5.41 Å². The molecule has 1 heterocycles. The molecule has 1 aliphatic heterocycles. The van der Waals surface area contributed by atoms with Crippen LogP contribution in [0.15, 0.2) is 18.2 Å². The lowest BCUT2D eigenvalue weighted by Crippen LogP contribution is -2.41. The van der Waals surface area contributed by atoms with E-state index in [1.165, 1.54) is 6.07 Å². The molecule has 1 saturated carbocycles. The smallest absolute Gasteiger partial charge is 0.339 e. The molecule has 106 valence electrons. The van der Waals surface area contributed by atoms with Gasteiger partial charge in [0, 0.05) is 0 Å². The Hall–Kier alpha value is -2.04. The number of carboxylic acid groups (broad SMARTS) is 1. The second-order valence-corrected chi connectivity index (χ2v) is 5.57. The molecule has 0 unspecified atom stereocenters. The van der Waals surface area contributed by atoms with Crippen LogP contribution in [0.4, 0.5) is 5.69 Å². The first-order valence-electron chi connectivity index (χ1n) is 6.93. The van der Waals surface area contributed by atoms with Crippen molar-refractivity contribution in [2.45, 2.75) is 32.1 Å². The summed E-state index contributed by atoms with van der Waals surface area (Å²) in [6.07, 6.45) is 4.77. The Morgan fingerprint density at radius 1 is 1.25 bits per heavy atom. The maximum Gasteiger partial charge on any atom is 0.339 e. The quantitative estimate of drug-likeness (QED) is 0.826. The number of ether oxygens (including phenoxy) is 1. The van der Waals surface area contributed by atoms with Gasteiger partial charge < -0.3 is 15.2 Å². The van der Waals surface area contributed by atoms with E-state index in [4.69, 9.17) is 4.74 Å². The van der Waals surface area contributed by atoms with Crippen molar-refractivity contribution in [3.8, 4) is 5.75 Å². The molecule has 0 radical (unpaired) electrons. The van der Waals surface area contributed by atoms with Crippen LogP contribution in [0.25, 0.3) is 0 Å². The largest absolute Gasteiger partial charge is 0.489 e. The molecule has 1 aromatic rings. The number of carbonyl (C=O) groups excluding carboxylic acids is 1. The van der Waals surface area contributed by atoms with Gasteiger partial charge in [0.05, 0.1) is 11.1 Å². The van der Waals surface area contributed by atoms with E-state index >= 15 is 0 Å². The van der Waals surface area contributed by atoms with Gasteiger partial charge in [0.1, 0.15) is 12.2 Å². The SMILES string of the molecule is O=C(O)c1cccc2c1OCC1(CCCCC1)C(=O)N2. The highest BCUT2D eigenvalue weighted by atomic mass is 16.5. The first-order valence-corrected chi connectivity index (χ1v) is 6.93. The van der Waals surface area contributed by atoms with Crippen molar-refractivity contribution in [2.75, 3.05) is 11.9 Å². The Morgan fingerprint density at radius 2 is 2.00 bits per heavy atom. The summed E-state index contributed by atoms with van der Waals surface area (Å²) in [5, 5.41) is 12.1. The van der Waals surface area contributed by atoms with Gasteiger partial charge in [-0.25, -0.2) is 4.79 Å². The number of amides is 1. The minimum Gasteiger partial charge on any atom is -0.489 e. The van der Waals surface area contributed by atoms with Crippen molar-refractivity contribution >= 4 is 17.6 Å². The highest BCUT2D eigenvalue weighted by molar-refractivity contribution is 6.01. The molecule has 0 bridgehead atoms. The van der Waals surface area contributed by atoms with Crippen LogP contribution in [0.5, 0.6) is 5.75 Å². The summed E-state index contributed by atoms with van der Waals surface area (Å²) in [7, 11) is 0. The third-order valence-corrected chi connectivity index (χ3v) is 4.28. The predicted octanol–water partition coefficient (Wildman–Crippen LogP) is 2.67. The molecule has 1 aromatic carbocycles. The van der Waals surface area contributed by atoms with E-state index in [0.717, 1.165) is 32.1 Å². The minimum absolute atomic E-state index is 0.0431. The van der Waals surface area contributed by atoms with E-state index in [2.05, 4.69) is 5.32 Å². The lowest BCUT2D eigenvalue weighted by Gasteiger charge is -2.33. The molecule has 1 spiro atoms. The van der Waals surface area contributed by atoms with Crippen LogP contribution in [0, 0.1) is 5.41 Å². The number of hydrogen-bond acceptors (Lipinski definition) is 3. The van der Waals surface area contributed by atoms with Gasteiger partial charge in [-0.1, -0.05) is 25.3 Å². The highest BCUT2D eigenvalue weighted by Crippen LogP contribution is 2.42. The number of benzene rings is 1. The van der Waals surface area contributed by atoms with Gasteiger partial charge in [-0.05, 0) is 25.0 Å². The summed E-state index contributed by atoms with van der Waals surface area (Å²) in [5.74, 6) is -0.815. The van der Waals surface area contributed by atoms with Gasteiger partial charge in [-0.2, -0.15) is 0 Å².